The molecule has 3 nitrogen and oxygen atoms in total. The van der Waals surface area contributed by atoms with Gasteiger partial charge in [0.1, 0.15) is 12.7 Å². The maximum Gasteiger partial charge on any atom is 0.165 e. The van der Waals surface area contributed by atoms with Gasteiger partial charge in [-0.25, -0.2) is 4.39 Å². The van der Waals surface area contributed by atoms with Gasteiger partial charge in [0.2, 0.25) is 0 Å². The van der Waals surface area contributed by atoms with Crippen LogP contribution in [0, 0.1) is 5.82 Å². The maximum absolute atomic E-state index is 13.3. The van der Waals surface area contributed by atoms with Gasteiger partial charge < -0.3 is 9.84 Å². The quantitative estimate of drug-likeness (QED) is 0.889. The van der Waals surface area contributed by atoms with Crippen LogP contribution in [0.25, 0.3) is 0 Å². The van der Waals surface area contributed by atoms with E-state index in [-0.39, 0.29) is 18.2 Å². The summed E-state index contributed by atoms with van der Waals surface area (Å²) in [6, 6.07) is 6.78. The van der Waals surface area contributed by atoms with Crippen LogP contribution in [-0.2, 0) is 0 Å². The van der Waals surface area contributed by atoms with Gasteiger partial charge in [0.15, 0.2) is 11.6 Å². The van der Waals surface area contributed by atoms with Crippen molar-refractivity contribution in [3.05, 3.63) is 30.1 Å². The Kier molecular flexibility index (Phi) is 5.16. The largest absolute Gasteiger partial charge is 0.488 e. The van der Waals surface area contributed by atoms with Crippen molar-refractivity contribution in [2.45, 2.75) is 38.3 Å². The van der Waals surface area contributed by atoms with Crippen molar-refractivity contribution < 1.29 is 14.2 Å². The number of nitrogens with zero attached hydrogens (tertiary/aromatic N) is 1. The molecule has 1 heterocycles. The van der Waals surface area contributed by atoms with Crippen LogP contribution in [0.1, 0.15) is 26.2 Å². The van der Waals surface area contributed by atoms with Crippen LogP contribution in [0.3, 0.4) is 0 Å². The number of benzene rings is 1. The summed E-state index contributed by atoms with van der Waals surface area (Å²) in [6.45, 7) is 3.93. The fraction of sp³-hybridized carbons (Fsp3) is 0.600. The minimum Gasteiger partial charge on any atom is -0.488 e. The summed E-state index contributed by atoms with van der Waals surface area (Å²) >= 11 is 0. The number of likely N-dealkylation sites (tertiary alicyclic amines) is 1. The number of ether oxygens (including phenoxy) is 1. The first kappa shape index (κ1) is 14.3. The lowest BCUT2D eigenvalue weighted by Gasteiger charge is -2.34. The number of piperidine rings is 1. The van der Waals surface area contributed by atoms with Crippen LogP contribution < -0.4 is 4.74 Å². The van der Waals surface area contributed by atoms with Crippen LogP contribution >= 0.6 is 0 Å². The van der Waals surface area contributed by atoms with Crippen LogP contribution in [0.2, 0.25) is 0 Å². The highest BCUT2D eigenvalue weighted by molar-refractivity contribution is 5.23. The first-order chi connectivity index (χ1) is 9.16. The molecule has 1 fully saturated rings. The van der Waals surface area contributed by atoms with Gasteiger partial charge in [-0.1, -0.05) is 18.6 Å². The second kappa shape index (κ2) is 6.87. The Hall–Kier alpha value is -1.13. The summed E-state index contributed by atoms with van der Waals surface area (Å²) < 4.78 is 18.7. The predicted molar refractivity (Wildman–Crippen MR) is 72.8 cm³/mol. The van der Waals surface area contributed by atoms with Gasteiger partial charge in [-0.2, -0.15) is 0 Å². The van der Waals surface area contributed by atoms with Gasteiger partial charge in [-0.15, -0.1) is 0 Å². The first-order valence-corrected chi connectivity index (χ1v) is 6.96. The second-order valence-corrected chi connectivity index (χ2v) is 5.23. The normalized spacial score (nSPS) is 22.2. The van der Waals surface area contributed by atoms with Gasteiger partial charge in [-0.05, 0) is 38.4 Å². The molecular formula is C15H22FNO2. The van der Waals surface area contributed by atoms with E-state index in [0.29, 0.717) is 12.6 Å². The SMILES string of the molecule is CC1CCCCN1CC(O)COc1ccccc1F. The molecule has 0 amide bonds. The van der Waals surface area contributed by atoms with Crippen molar-refractivity contribution in [2.24, 2.45) is 0 Å². The molecule has 2 rings (SSSR count). The van der Waals surface area contributed by atoms with Crippen molar-refractivity contribution in [1.29, 1.82) is 0 Å². The van der Waals surface area contributed by atoms with Crippen molar-refractivity contribution in [3.63, 3.8) is 0 Å². The second-order valence-electron chi connectivity index (χ2n) is 5.23. The molecule has 1 aromatic carbocycles. The van der Waals surface area contributed by atoms with Crippen LogP contribution in [0.15, 0.2) is 24.3 Å². The molecular weight excluding hydrogens is 245 g/mol. The summed E-state index contributed by atoms with van der Waals surface area (Å²) in [4.78, 5) is 2.28. The number of hydrogen-bond donors (Lipinski definition) is 1. The Bertz CT molecular complexity index is 399. The Labute approximate surface area is 114 Å². The van der Waals surface area contributed by atoms with E-state index in [9.17, 15) is 9.50 Å². The van der Waals surface area contributed by atoms with Crippen molar-refractivity contribution in [2.75, 3.05) is 19.7 Å². The average Bonchev–Trinajstić information content (AvgIpc) is 2.40. The molecule has 19 heavy (non-hydrogen) atoms. The molecule has 1 N–H and O–H groups in total. The number of halogens is 1. The average molecular weight is 267 g/mol. The molecule has 2 unspecified atom stereocenters. The molecule has 2 atom stereocenters. The molecule has 1 aromatic rings. The van der Waals surface area contributed by atoms with E-state index in [1.165, 1.54) is 25.3 Å². The molecule has 0 radical (unpaired) electrons. The number of aliphatic hydroxyl groups excluding tert-OH is 1. The van der Waals surface area contributed by atoms with E-state index < -0.39 is 6.10 Å². The van der Waals surface area contributed by atoms with E-state index >= 15 is 0 Å². The van der Waals surface area contributed by atoms with E-state index in [2.05, 4.69) is 11.8 Å². The number of rotatable bonds is 5. The molecule has 0 aromatic heterocycles. The lowest BCUT2D eigenvalue weighted by atomic mass is 10.0. The molecule has 1 saturated heterocycles. The lowest BCUT2D eigenvalue weighted by Crippen LogP contribution is -2.43. The highest BCUT2D eigenvalue weighted by atomic mass is 19.1. The molecule has 1 aliphatic heterocycles. The fourth-order valence-electron chi connectivity index (χ4n) is 2.50. The van der Waals surface area contributed by atoms with E-state index in [0.717, 1.165) is 6.54 Å². The molecule has 0 saturated carbocycles. The van der Waals surface area contributed by atoms with E-state index in [4.69, 9.17) is 4.74 Å². The smallest absolute Gasteiger partial charge is 0.165 e. The van der Waals surface area contributed by atoms with E-state index in [1.807, 2.05) is 0 Å². The molecule has 0 spiro atoms. The van der Waals surface area contributed by atoms with Crippen molar-refractivity contribution in [1.82, 2.24) is 4.90 Å². The van der Waals surface area contributed by atoms with E-state index in [1.54, 1.807) is 18.2 Å². The summed E-state index contributed by atoms with van der Waals surface area (Å²) in [7, 11) is 0. The predicted octanol–water partition coefficient (Wildman–Crippen LogP) is 2.44. The van der Waals surface area contributed by atoms with Gasteiger partial charge in [0.05, 0.1) is 0 Å². The summed E-state index contributed by atoms with van der Waals surface area (Å²) in [5, 5.41) is 9.98. The lowest BCUT2D eigenvalue weighted by molar-refractivity contribution is 0.0428. The third kappa shape index (κ3) is 4.18. The summed E-state index contributed by atoms with van der Waals surface area (Å²) in [5.74, 6) is -0.186. The molecule has 4 heteroatoms. The zero-order valence-corrected chi connectivity index (χ0v) is 11.4. The zero-order chi connectivity index (χ0) is 13.7. The third-order valence-corrected chi connectivity index (χ3v) is 3.65. The van der Waals surface area contributed by atoms with Gasteiger partial charge in [0.25, 0.3) is 0 Å². The zero-order valence-electron chi connectivity index (χ0n) is 11.4. The molecule has 106 valence electrons. The highest BCUT2D eigenvalue weighted by Gasteiger charge is 2.21. The van der Waals surface area contributed by atoms with Gasteiger partial charge in [-0.3, -0.25) is 4.90 Å². The van der Waals surface area contributed by atoms with Gasteiger partial charge in [0, 0.05) is 12.6 Å². The fourth-order valence-corrected chi connectivity index (χ4v) is 2.50. The topological polar surface area (TPSA) is 32.7 Å². The molecule has 1 aliphatic rings. The standard InChI is InChI=1S/C15H22FNO2/c1-12-6-4-5-9-17(12)10-13(18)11-19-15-8-3-2-7-14(15)16/h2-3,7-8,12-13,18H,4-6,9-11H2,1H3. The molecule has 0 aliphatic carbocycles. The Morgan fingerprint density at radius 2 is 2.21 bits per heavy atom. The monoisotopic (exact) mass is 267 g/mol. The van der Waals surface area contributed by atoms with Crippen LogP contribution in [0.4, 0.5) is 4.39 Å². The Morgan fingerprint density at radius 1 is 1.42 bits per heavy atom. The number of aliphatic hydroxyl groups is 1. The summed E-state index contributed by atoms with van der Waals surface area (Å²) in [5.41, 5.74) is 0. The van der Waals surface area contributed by atoms with Crippen LogP contribution in [-0.4, -0.2) is 41.8 Å². The summed E-state index contributed by atoms with van der Waals surface area (Å²) in [6.07, 6.45) is 3.05. The number of β-amino-alcohol motifs (C(OH)–C–C–N with tert-alkyl or cyclic N) is 1. The third-order valence-electron chi connectivity index (χ3n) is 3.65. The minimum absolute atomic E-state index is 0.129. The number of para-hydroxylation sites is 1. The van der Waals surface area contributed by atoms with Crippen molar-refractivity contribution in [3.8, 4) is 5.75 Å². The Balaban J connectivity index is 1.78. The first-order valence-electron chi connectivity index (χ1n) is 6.96. The highest BCUT2D eigenvalue weighted by Crippen LogP contribution is 2.18. The molecule has 0 bridgehead atoms. The van der Waals surface area contributed by atoms with Crippen molar-refractivity contribution >= 4 is 0 Å². The minimum atomic E-state index is -0.583. The number of hydrogen-bond acceptors (Lipinski definition) is 3. The van der Waals surface area contributed by atoms with Gasteiger partial charge >= 0.3 is 0 Å². The maximum atomic E-state index is 13.3. The Morgan fingerprint density at radius 3 is 2.95 bits per heavy atom. The van der Waals surface area contributed by atoms with Crippen LogP contribution in [0.5, 0.6) is 5.75 Å².